The van der Waals surface area contributed by atoms with Crippen molar-refractivity contribution in [2.75, 3.05) is 27.4 Å². The van der Waals surface area contributed by atoms with Gasteiger partial charge in [-0.15, -0.1) is 6.58 Å². The molecule has 1 aliphatic carbocycles. The van der Waals surface area contributed by atoms with Gasteiger partial charge in [-0.3, -0.25) is 0 Å². The first-order valence-electron chi connectivity index (χ1n) is 13.4. The molecule has 0 spiro atoms. The van der Waals surface area contributed by atoms with Crippen LogP contribution in [0.15, 0.2) is 61.2 Å². The first-order valence-corrected chi connectivity index (χ1v) is 13.4. The van der Waals surface area contributed by atoms with Crippen LogP contribution in [0.2, 0.25) is 0 Å². The fourth-order valence-corrected chi connectivity index (χ4v) is 5.35. The first-order chi connectivity index (χ1) is 19.1. The van der Waals surface area contributed by atoms with Crippen molar-refractivity contribution in [3.63, 3.8) is 0 Å². The van der Waals surface area contributed by atoms with E-state index in [0.717, 1.165) is 35.5 Å². The molecule has 2 aromatic carbocycles. The minimum absolute atomic E-state index is 0.325. The van der Waals surface area contributed by atoms with Crippen LogP contribution >= 0.6 is 0 Å². The Morgan fingerprint density at radius 2 is 1.31 bits per heavy atom. The highest BCUT2D eigenvalue weighted by atomic mass is 16.9. The summed E-state index contributed by atoms with van der Waals surface area (Å²) in [5, 5.41) is 11.3. The van der Waals surface area contributed by atoms with Gasteiger partial charge in [-0.05, 0) is 48.2 Å². The van der Waals surface area contributed by atoms with E-state index in [2.05, 4.69) is 6.58 Å². The third kappa shape index (κ3) is 6.30. The van der Waals surface area contributed by atoms with Crippen molar-refractivity contribution in [1.82, 2.24) is 0 Å². The Balaban J connectivity index is 1.28. The van der Waals surface area contributed by atoms with Crippen LogP contribution in [0.25, 0.3) is 0 Å². The number of aliphatic hydroxyl groups excluding tert-OH is 1. The molecule has 1 N–H and O–H groups in total. The SMILES string of the molecule is C=CCOCCCCC12OC3[C@H](OCc4ccc(OC)cc4)[C@H](O1)C(O)[C@H](O2)[C@H]3OCc1ccc(OC)cc1. The van der Waals surface area contributed by atoms with Crippen LogP contribution in [0, 0.1) is 0 Å². The Labute approximate surface area is 229 Å². The number of rotatable bonds is 15. The predicted molar refractivity (Wildman–Crippen MR) is 141 cm³/mol. The van der Waals surface area contributed by atoms with Crippen molar-refractivity contribution in [2.24, 2.45) is 0 Å². The van der Waals surface area contributed by atoms with E-state index in [1.165, 1.54) is 0 Å². The highest BCUT2D eigenvalue weighted by Gasteiger charge is 2.67. The second-order valence-corrected chi connectivity index (χ2v) is 9.99. The van der Waals surface area contributed by atoms with Gasteiger partial charge in [0, 0.05) is 13.0 Å². The molecule has 3 saturated heterocycles. The fourth-order valence-electron chi connectivity index (χ4n) is 5.35. The maximum atomic E-state index is 11.3. The van der Waals surface area contributed by atoms with Crippen molar-refractivity contribution in [3.8, 4) is 11.5 Å². The molecular weight excluding hydrogens is 504 g/mol. The topological polar surface area (TPSA) is 94.1 Å². The fraction of sp³-hybridized carbons (Fsp3) is 0.533. The Morgan fingerprint density at radius 3 is 1.79 bits per heavy atom. The Bertz CT molecular complexity index is 988. The smallest absolute Gasteiger partial charge is 0.284 e. The van der Waals surface area contributed by atoms with Gasteiger partial charge in [0.2, 0.25) is 0 Å². The van der Waals surface area contributed by atoms with Crippen LogP contribution in [-0.2, 0) is 41.6 Å². The highest BCUT2D eigenvalue weighted by Crippen LogP contribution is 2.49. The minimum Gasteiger partial charge on any atom is -0.497 e. The summed E-state index contributed by atoms with van der Waals surface area (Å²) in [5.41, 5.74) is 1.94. The molecule has 0 aromatic heterocycles. The Kier molecular flexibility index (Phi) is 9.19. The molecule has 2 aromatic rings. The summed E-state index contributed by atoms with van der Waals surface area (Å²) in [5.74, 6) is 0.310. The quantitative estimate of drug-likeness (QED) is 0.267. The monoisotopic (exact) mass is 542 g/mol. The number of hydrogen-bond donors (Lipinski definition) is 1. The largest absolute Gasteiger partial charge is 0.497 e. The van der Waals surface area contributed by atoms with Gasteiger partial charge in [0.15, 0.2) is 0 Å². The minimum atomic E-state index is -1.24. The van der Waals surface area contributed by atoms with Gasteiger partial charge in [-0.1, -0.05) is 30.3 Å². The van der Waals surface area contributed by atoms with Crippen LogP contribution in [-0.4, -0.2) is 75.1 Å². The predicted octanol–water partition coefficient (Wildman–Crippen LogP) is 3.76. The lowest BCUT2D eigenvalue weighted by molar-refractivity contribution is -0.543. The number of unbranched alkanes of at least 4 members (excludes halogenated alkanes) is 1. The summed E-state index contributed by atoms with van der Waals surface area (Å²) in [4.78, 5) is 0. The van der Waals surface area contributed by atoms with E-state index in [1.54, 1.807) is 20.3 Å². The van der Waals surface area contributed by atoms with Gasteiger partial charge in [-0.2, -0.15) is 0 Å². The van der Waals surface area contributed by atoms with Crippen LogP contribution in [0.3, 0.4) is 0 Å². The van der Waals surface area contributed by atoms with Crippen molar-refractivity contribution < 1.29 is 43.0 Å². The van der Waals surface area contributed by atoms with E-state index < -0.39 is 42.6 Å². The lowest BCUT2D eigenvalue weighted by Gasteiger charge is -2.62. The summed E-state index contributed by atoms with van der Waals surface area (Å²) in [7, 11) is 3.27. The van der Waals surface area contributed by atoms with E-state index >= 15 is 0 Å². The summed E-state index contributed by atoms with van der Waals surface area (Å²) < 4.78 is 47.7. The van der Waals surface area contributed by atoms with Gasteiger partial charge in [0.1, 0.15) is 48.1 Å². The third-order valence-corrected chi connectivity index (χ3v) is 7.38. The van der Waals surface area contributed by atoms with E-state index in [4.69, 9.17) is 37.9 Å². The highest BCUT2D eigenvalue weighted by molar-refractivity contribution is 5.27. The Hall–Kier alpha value is -2.50. The van der Waals surface area contributed by atoms with Gasteiger partial charge >= 0.3 is 0 Å². The van der Waals surface area contributed by atoms with Crippen molar-refractivity contribution in [2.45, 2.75) is 75.1 Å². The van der Waals surface area contributed by atoms with Crippen molar-refractivity contribution in [3.05, 3.63) is 72.3 Å². The van der Waals surface area contributed by atoms with Crippen molar-refractivity contribution in [1.29, 1.82) is 0 Å². The molecule has 0 amide bonds. The zero-order chi connectivity index (χ0) is 27.2. The first kappa shape index (κ1) is 28.0. The molecule has 9 heteroatoms. The maximum Gasteiger partial charge on any atom is 0.284 e. The second-order valence-electron chi connectivity index (χ2n) is 9.99. The average molecular weight is 543 g/mol. The molecular formula is C30H38O9. The molecule has 4 aliphatic rings. The number of methoxy groups -OCH3 is 2. The molecule has 4 bridgehead atoms. The Morgan fingerprint density at radius 1 is 0.795 bits per heavy atom. The van der Waals surface area contributed by atoms with Crippen molar-refractivity contribution >= 4 is 0 Å². The van der Waals surface area contributed by atoms with E-state index in [-0.39, 0.29) is 0 Å². The summed E-state index contributed by atoms with van der Waals surface area (Å²) in [6.45, 7) is 5.45. The van der Waals surface area contributed by atoms with E-state index in [1.807, 2.05) is 48.5 Å². The van der Waals surface area contributed by atoms with E-state index in [0.29, 0.717) is 32.8 Å². The zero-order valence-corrected chi connectivity index (χ0v) is 22.5. The van der Waals surface area contributed by atoms with Gasteiger partial charge in [-0.25, -0.2) is 0 Å². The molecule has 3 unspecified atom stereocenters. The van der Waals surface area contributed by atoms with Crippen LogP contribution in [0.5, 0.6) is 11.5 Å². The van der Waals surface area contributed by atoms with Crippen LogP contribution < -0.4 is 9.47 Å². The molecule has 212 valence electrons. The summed E-state index contributed by atoms with van der Waals surface area (Å²) in [6.07, 6.45) is 0.175. The van der Waals surface area contributed by atoms with Crippen LogP contribution in [0.4, 0.5) is 0 Å². The number of benzene rings is 2. The van der Waals surface area contributed by atoms with Gasteiger partial charge in [0.25, 0.3) is 5.97 Å². The average Bonchev–Trinajstić information content (AvgIpc) is 2.97. The number of ether oxygens (including phenoxy) is 8. The lowest BCUT2D eigenvalue weighted by Crippen LogP contribution is -2.79. The standard InChI is InChI=1S/C30H38O9/c1-4-16-34-17-6-5-15-30-37-25-24(31)26(38-30)28(36-19-21-9-13-23(33-3)14-10-21)29(39-30)27(25)35-18-20-7-11-22(32-2)12-8-20/h4,7-14,24-29,31H,1,5-6,15-19H2,2-3H3/t24?,25-,26+,27-,28-,29?,30?/m1/s1. The molecule has 0 radical (unpaired) electrons. The number of hydrogen-bond acceptors (Lipinski definition) is 9. The molecule has 39 heavy (non-hydrogen) atoms. The second kappa shape index (κ2) is 12.8. The molecule has 1 saturated carbocycles. The molecule has 3 heterocycles. The summed E-state index contributed by atoms with van der Waals surface area (Å²) >= 11 is 0. The third-order valence-electron chi connectivity index (χ3n) is 7.38. The summed E-state index contributed by atoms with van der Waals surface area (Å²) in [6, 6.07) is 15.3. The number of aliphatic hydroxyl groups is 1. The van der Waals surface area contributed by atoms with E-state index in [9.17, 15) is 5.11 Å². The van der Waals surface area contributed by atoms with Gasteiger partial charge in [0.05, 0.1) is 34.0 Å². The molecule has 9 nitrogen and oxygen atoms in total. The molecule has 6 rings (SSSR count). The van der Waals surface area contributed by atoms with Crippen LogP contribution in [0.1, 0.15) is 30.4 Å². The maximum absolute atomic E-state index is 11.3. The molecule has 3 aliphatic heterocycles. The van der Waals surface area contributed by atoms with Gasteiger partial charge < -0.3 is 43.0 Å². The molecule has 7 atom stereocenters. The molecule has 4 fully saturated rings. The lowest BCUT2D eigenvalue weighted by atomic mass is 9.81. The zero-order valence-electron chi connectivity index (χ0n) is 22.5. The normalized spacial score (nSPS) is 30.8.